The fourth-order valence-electron chi connectivity index (χ4n) is 4.35. The van der Waals surface area contributed by atoms with Crippen LogP contribution in [0.4, 0.5) is 4.79 Å². The molecule has 1 aliphatic carbocycles. The summed E-state index contributed by atoms with van der Waals surface area (Å²) < 4.78 is 5.56. The van der Waals surface area contributed by atoms with Crippen LogP contribution in [0.5, 0.6) is 0 Å². The molecular weight excluding hydrogens is 432 g/mol. The number of fused-ring (bicyclic) bond motifs is 3. The SMILES string of the molecule is CCC(C)CC(NC(=O)[C@@H](NC(=O)OCC1c2ccccc2-c2ccccc21)C(C)C)C(=O)O. The summed E-state index contributed by atoms with van der Waals surface area (Å²) in [6, 6.07) is 14.2. The van der Waals surface area contributed by atoms with Crippen LogP contribution in [0.1, 0.15) is 57.6 Å². The van der Waals surface area contributed by atoms with Crippen molar-refractivity contribution in [1.29, 1.82) is 0 Å². The number of benzene rings is 2. The molecule has 0 saturated heterocycles. The molecule has 3 N–H and O–H groups in total. The average Bonchev–Trinajstić information content (AvgIpc) is 3.14. The number of amides is 2. The van der Waals surface area contributed by atoms with E-state index in [1.54, 1.807) is 13.8 Å². The second-order valence-electron chi connectivity index (χ2n) is 9.34. The van der Waals surface area contributed by atoms with Gasteiger partial charge in [-0.2, -0.15) is 0 Å². The Morgan fingerprint density at radius 2 is 1.50 bits per heavy atom. The van der Waals surface area contributed by atoms with Crippen LogP contribution < -0.4 is 10.6 Å². The molecule has 2 unspecified atom stereocenters. The molecule has 0 spiro atoms. The maximum absolute atomic E-state index is 12.8. The van der Waals surface area contributed by atoms with Gasteiger partial charge in [-0.05, 0) is 40.5 Å². The summed E-state index contributed by atoms with van der Waals surface area (Å²) in [5.41, 5.74) is 4.47. The summed E-state index contributed by atoms with van der Waals surface area (Å²) in [7, 11) is 0. The first-order chi connectivity index (χ1) is 16.2. The molecule has 0 fully saturated rings. The lowest BCUT2D eigenvalue weighted by atomic mass is 9.98. The Morgan fingerprint density at radius 3 is 2.00 bits per heavy atom. The number of carboxylic acids is 1. The van der Waals surface area contributed by atoms with Crippen molar-refractivity contribution in [2.75, 3.05) is 6.61 Å². The Labute approximate surface area is 200 Å². The smallest absolute Gasteiger partial charge is 0.407 e. The van der Waals surface area contributed by atoms with Crippen molar-refractivity contribution in [3.8, 4) is 11.1 Å². The fourth-order valence-corrected chi connectivity index (χ4v) is 4.35. The van der Waals surface area contributed by atoms with Gasteiger partial charge in [0.15, 0.2) is 0 Å². The Balaban J connectivity index is 1.64. The second kappa shape index (κ2) is 11.2. The second-order valence-corrected chi connectivity index (χ2v) is 9.34. The van der Waals surface area contributed by atoms with Gasteiger partial charge in [-0.15, -0.1) is 0 Å². The lowest BCUT2D eigenvalue weighted by molar-refractivity contribution is -0.142. The van der Waals surface area contributed by atoms with Gasteiger partial charge in [-0.3, -0.25) is 4.79 Å². The summed E-state index contributed by atoms with van der Waals surface area (Å²) in [5, 5.41) is 14.7. The molecule has 3 atom stereocenters. The van der Waals surface area contributed by atoms with E-state index < -0.39 is 30.1 Å². The van der Waals surface area contributed by atoms with Gasteiger partial charge in [0.1, 0.15) is 18.7 Å². The van der Waals surface area contributed by atoms with E-state index in [0.29, 0.717) is 6.42 Å². The van der Waals surface area contributed by atoms with E-state index in [-0.39, 0.29) is 24.4 Å². The molecule has 0 bridgehead atoms. The number of nitrogens with one attached hydrogen (secondary N) is 2. The zero-order chi connectivity index (χ0) is 24.8. The first-order valence-corrected chi connectivity index (χ1v) is 11.9. The number of carbonyl (C=O) groups is 3. The number of carbonyl (C=O) groups excluding carboxylic acids is 2. The Hall–Kier alpha value is -3.35. The van der Waals surface area contributed by atoms with Crippen LogP contribution in [-0.4, -0.2) is 41.8 Å². The van der Waals surface area contributed by atoms with Gasteiger partial charge in [0.25, 0.3) is 0 Å². The van der Waals surface area contributed by atoms with Gasteiger partial charge < -0.3 is 20.5 Å². The number of hydrogen-bond donors (Lipinski definition) is 3. The molecule has 0 saturated carbocycles. The largest absolute Gasteiger partial charge is 0.480 e. The molecule has 0 heterocycles. The van der Waals surface area contributed by atoms with Crippen LogP contribution >= 0.6 is 0 Å². The Morgan fingerprint density at radius 1 is 0.941 bits per heavy atom. The van der Waals surface area contributed by atoms with Crippen LogP contribution in [-0.2, 0) is 14.3 Å². The predicted octanol–water partition coefficient (Wildman–Crippen LogP) is 4.56. The summed E-state index contributed by atoms with van der Waals surface area (Å²) >= 11 is 0. The third-order valence-corrected chi connectivity index (χ3v) is 6.52. The highest BCUT2D eigenvalue weighted by atomic mass is 16.5. The molecule has 2 aromatic rings. The molecule has 0 aliphatic heterocycles. The Bertz CT molecular complexity index is 990. The van der Waals surface area contributed by atoms with E-state index in [4.69, 9.17) is 4.74 Å². The lowest BCUT2D eigenvalue weighted by Gasteiger charge is -2.25. The molecule has 7 heteroatoms. The monoisotopic (exact) mass is 466 g/mol. The zero-order valence-electron chi connectivity index (χ0n) is 20.2. The van der Waals surface area contributed by atoms with Crippen molar-refractivity contribution in [3.63, 3.8) is 0 Å². The highest BCUT2D eigenvalue weighted by molar-refractivity contribution is 5.89. The van der Waals surface area contributed by atoms with Crippen LogP contribution in [0.25, 0.3) is 11.1 Å². The van der Waals surface area contributed by atoms with Crippen LogP contribution in [0.15, 0.2) is 48.5 Å². The molecule has 2 aromatic carbocycles. The van der Waals surface area contributed by atoms with Crippen molar-refractivity contribution in [2.45, 2.75) is 58.5 Å². The topological polar surface area (TPSA) is 105 Å². The molecule has 0 radical (unpaired) electrons. The van der Waals surface area contributed by atoms with Crippen LogP contribution in [0.2, 0.25) is 0 Å². The van der Waals surface area contributed by atoms with Gasteiger partial charge in [0.2, 0.25) is 5.91 Å². The summed E-state index contributed by atoms with van der Waals surface area (Å²) in [5.74, 6) is -1.81. The van der Waals surface area contributed by atoms with Gasteiger partial charge in [-0.1, -0.05) is 82.6 Å². The van der Waals surface area contributed by atoms with Gasteiger partial charge >= 0.3 is 12.1 Å². The van der Waals surface area contributed by atoms with Gasteiger partial charge in [0, 0.05) is 5.92 Å². The van der Waals surface area contributed by atoms with Crippen LogP contribution in [0.3, 0.4) is 0 Å². The quantitative estimate of drug-likeness (QED) is 0.476. The third-order valence-electron chi connectivity index (χ3n) is 6.52. The average molecular weight is 467 g/mol. The zero-order valence-corrected chi connectivity index (χ0v) is 20.2. The van der Waals surface area contributed by atoms with E-state index in [0.717, 1.165) is 28.7 Å². The minimum absolute atomic E-state index is 0.0867. The van der Waals surface area contributed by atoms with Gasteiger partial charge in [0.05, 0.1) is 0 Å². The van der Waals surface area contributed by atoms with Crippen molar-refractivity contribution < 1.29 is 24.2 Å². The molecule has 3 rings (SSSR count). The number of ether oxygens (including phenoxy) is 1. The number of hydrogen-bond acceptors (Lipinski definition) is 4. The highest BCUT2D eigenvalue weighted by Crippen LogP contribution is 2.44. The summed E-state index contributed by atoms with van der Waals surface area (Å²) in [4.78, 5) is 37.1. The third kappa shape index (κ3) is 5.76. The molecule has 0 aromatic heterocycles. The maximum atomic E-state index is 12.8. The normalized spacial score (nSPS) is 15.1. The first kappa shape index (κ1) is 25.3. The molecule has 7 nitrogen and oxygen atoms in total. The number of carboxylic acid groups (broad SMARTS) is 1. The van der Waals surface area contributed by atoms with E-state index in [9.17, 15) is 19.5 Å². The molecule has 2 amide bonds. The molecule has 182 valence electrons. The predicted molar refractivity (Wildman–Crippen MR) is 130 cm³/mol. The minimum Gasteiger partial charge on any atom is -0.480 e. The van der Waals surface area contributed by atoms with Crippen molar-refractivity contribution in [3.05, 3.63) is 59.7 Å². The van der Waals surface area contributed by atoms with Gasteiger partial charge in [-0.25, -0.2) is 9.59 Å². The minimum atomic E-state index is -1.09. The molecule has 34 heavy (non-hydrogen) atoms. The van der Waals surface area contributed by atoms with E-state index in [1.165, 1.54) is 0 Å². The standard InChI is InChI=1S/C27H34N2O5/c1-5-17(4)14-23(26(31)32)28-25(30)24(16(2)3)29-27(33)34-15-22-20-12-8-6-10-18(20)19-11-7-9-13-21(19)22/h6-13,16-17,22-24H,5,14-15H2,1-4H3,(H,28,30)(H,29,33)(H,31,32)/t17?,23?,24-/m0/s1. The van der Waals surface area contributed by atoms with E-state index in [1.807, 2.05) is 50.2 Å². The first-order valence-electron chi connectivity index (χ1n) is 11.9. The Kier molecular flexibility index (Phi) is 8.31. The lowest BCUT2D eigenvalue weighted by Crippen LogP contribution is -2.54. The fraction of sp³-hybridized carbons (Fsp3) is 0.444. The highest BCUT2D eigenvalue weighted by Gasteiger charge is 2.32. The van der Waals surface area contributed by atoms with E-state index in [2.05, 4.69) is 22.8 Å². The van der Waals surface area contributed by atoms with Crippen molar-refractivity contribution >= 4 is 18.0 Å². The number of rotatable bonds is 10. The maximum Gasteiger partial charge on any atom is 0.407 e. The molecular formula is C27H34N2O5. The van der Waals surface area contributed by atoms with E-state index >= 15 is 0 Å². The number of aliphatic carboxylic acids is 1. The van der Waals surface area contributed by atoms with Crippen LogP contribution in [0, 0.1) is 11.8 Å². The summed E-state index contributed by atoms with van der Waals surface area (Å²) in [6.45, 7) is 7.63. The molecule has 1 aliphatic rings. The van der Waals surface area contributed by atoms with Crippen molar-refractivity contribution in [2.24, 2.45) is 11.8 Å². The van der Waals surface area contributed by atoms with Crippen molar-refractivity contribution in [1.82, 2.24) is 10.6 Å². The summed E-state index contributed by atoms with van der Waals surface area (Å²) in [6.07, 6.45) is 0.433. The number of alkyl carbamates (subject to hydrolysis) is 1.